The molecule has 0 bridgehead atoms. The van der Waals surface area contributed by atoms with Crippen LogP contribution in [0.5, 0.6) is 0 Å². The van der Waals surface area contributed by atoms with E-state index in [0.29, 0.717) is 18.2 Å². The summed E-state index contributed by atoms with van der Waals surface area (Å²) >= 11 is 1.63. The van der Waals surface area contributed by atoms with Gasteiger partial charge in [-0.15, -0.1) is 11.3 Å². The number of rotatable bonds is 4. The average molecular weight is 273 g/mol. The minimum Gasteiger partial charge on any atom is -0.461 e. The summed E-state index contributed by atoms with van der Waals surface area (Å²) in [6, 6.07) is 9.93. The highest BCUT2D eigenvalue weighted by Gasteiger charge is 2.30. The van der Waals surface area contributed by atoms with Crippen LogP contribution in [-0.2, 0) is 4.74 Å². The SMILES string of the molecule is CCOC(=O)c1nc(C2CC2)sc1-c1ccccc1. The Morgan fingerprint density at radius 2 is 2.11 bits per heavy atom. The molecule has 1 aromatic carbocycles. The standard InChI is InChI=1S/C15H15NO2S/c1-2-18-15(17)12-13(10-6-4-3-5-7-10)19-14(16-12)11-8-9-11/h3-7,11H,2,8-9H2,1H3. The fourth-order valence-corrected chi connectivity index (χ4v) is 3.19. The molecule has 1 aromatic heterocycles. The second-order valence-electron chi connectivity index (χ2n) is 4.59. The smallest absolute Gasteiger partial charge is 0.358 e. The van der Waals surface area contributed by atoms with Crippen molar-refractivity contribution < 1.29 is 9.53 Å². The van der Waals surface area contributed by atoms with Crippen molar-refractivity contribution >= 4 is 17.3 Å². The molecule has 0 spiro atoms. The molecule has 0 N–H and O–H groups in total. The normalized spacial score (nSPS) is 14.4. The summed E-state index contributed by atoms with van der Waals surface area (Å²) in [6.07, 6.45) is 2.37. The van der Waals surface area contributed by atoms with Crippen molar-refractivity contribution in [3.63, 3.8) is 0 Å². The molecule has 0 atom stereocenters. The van der Waals surface area contributed by atoms with Crippen LogP contribution in [-0.4, -0.2) is 17.6 Å². The Balaban J connectivity index is 2.03. The van der Waals surface area contributed by atoms with Crippen molar-refractivity contribution in [2.24, 2.45) is 0 Å². The van der Waals surface area contributed by atoms with Gasteiger partial charge < -0.3 is 4.74 Å². The van der Waals surface area contributed by atoms with E-state index in [9.17, 15) is 4.79 Å². The molecule has 1 aliphatic carbocycles. The van der Waals surface area contributed by atoms with Gasteiger partial charge in [0, 0.05) is 5.92 Å². The number of ether oxygens (including phenoxy) is 1. The molecule has 3 nitrogen and oxygen atoms in total. The van der Waals surface area contributed by atoms with E-state index in [-0.39, 0.29) is 5.97 Å². The zero-order chi connectivity index (χ0) is 13.2. The number of carbonyl (C=O) groups excluding carboxylic acids is 1. The van der Waals surface area contributed by atoms with Gasteiger partial charge in [0.25, 0.3) is 0 Å². The molecule has 0 unspecified atom stereocenters. The minimum atomic E-state index is -0.315. The molecule has 1 heterocycles. The molecule has 3 rings (SSSR count). The van der Waals surface area contributed by atoms with Crippen LogP contribution in [0.3, 0.4) is 0 Å². The fraction of sp³-hybridized carbons (Fsp3) is 0.333. The Morgan fingerprint density at radius 1 is 1.37 bits per heavy atom. The highest BCUT2D eigenvalue weighted by atomic mass is 32.1. The highest BCUT2D eigenvalue weighted by Crippen LogP contribution is 2.44. The van der Waals surface area contributed by atoms with Crippen molar-refractivity contribution in [1.29, 1.82) is 0 Å². The summed E-state index contributed by atoms with van der Waals surface area (Å²) in [4.78, 5) is 17.5. The zero-order valence-electron chi connectivity index (χ0n) is 10.8. The van der Waals surface area contributed by atoms with Crippen LogP contribution in [0.1, 0.15) is 41.2 Å². The van der Waals surface area contributed by atoms with Gasteiger partial charge in [0.05, 0.1) is 16.5 Å². The van der Waals surface area contributed by atoms with Gasteiger partial charge in [0.1, 0.15) is 0 Å². The topological polar surface area (TPSA) is 39.2 Å². The molecule has 0 amide bonds. The second kappa shape index (κ2) is 5.13. The second-order valence-corrected chi connectivity index (χ2v) is 5.62. The average Bonchev–Trinajstić information content (AvgIpc) is 3.19. The molecule has 0 radical (unpaired) electrons. The van der Waals surface area contributed by atoms with E-state index in [0.717, 1.165) is 15.4 Å². The number of esters is 1. The Morgan fingerprint density at radius 3 is 2.74 bits per heavy atom. The van der Waals surface area contributed by atoms with Crippen LogP contribution in [0.4, 0.5) is 0 Å². The van der Waals surface area contributed by atoms with E-state index in [2.05, 4.69) is 4.98 Å². The van der Waals surface area contributed by atoms with Crippen molar-refractivity contribution in [3.8, 4) is 10.4 Å². The number of nitrogens with zero attached hydrogens (tertiary/aromatic N) is 1. The molecule has 0 saturated heterocycles. The lowest BCUT2D eigenvalue weighted by atomic mass is 10.1. The summed E-state index contributed by atoms with van der Waals surface area (Å²) in [5.74, 6) is 0.236. The Bertz CT molecular complexity index is 587. The Hall–Kier alpha value is -1.68. The third-order valence-corrected chi connectivity index (χ3v) is 4.34. The molecule has 2 aromatic rings. The number of benzene rings is 1. The van der Waals surface area contributed by atoms with E-state index < -0.39 is 0 Å². The van der Waals surface area contributed by atoms with Crippen molar-refractivity contribution in [3.05, 3.63) is 41.0 Å². The predicted molar refractivity (Wildman–Crippen MR) is 75.5 cm³/mol. The number of hydrogen-bond acceptors (Lipinski definition) is 4. The lowest BCUT2D eigenvalue weighted by molar-refractivity contribution is 0.0521. The molecule has 1 fully saturated rings. The number of carbonyl (C=O) groups is 1. The quantitative estimate of drug-likeness (QED) is 0.794. The maximum atomic E-state index is 12.0. The van der Waals surface area contributed by atoms with Crippen LogP contribution < -0.4 is 0 Å². The maximum Gasteiger partial charge on any atom is 0.358 e. The van der Waals surface area contributed by atoms with Crippen LogP contribution >= 0.6 is 11.3 Å². The minimum absolute atomic E-state index is 0.315. The molecule has 4 heteroatoms. The highest BCUT2D eigenvalue weighted by molar-refractivity contribution is 7.15. The van der Waals surface area contributed by atoms with Crippen molar-refractivity contribution in [1.82, 2.24) is 4.98 Å². The number of hydrogen-bond donors (Lipinski definition) is 0. The van der Waals surface area contributed by atoms with Crippen LogP contribution in [0.25, 0.3) is 10.4 Å². The first-order valence-electron chi connectivity index (χ1n) is 6.53. The molecule has 1 saturated carbocycles. The summed E-state index contributed by atoms with van der Waals surface area (Å²) in [5.41, 5.74) is 1.51. The summed E-state index contributed by atoms with van der Waals surface area (Å²) in [5, 5.41) is 1.07. The van der Waals surface area contributed by atoms with Gasteiger partial charge in [-0.3, -0.25) is 0 Å². The van der Waals surface area contributed by atoms with Gasteiger partial charge in [0.15, 0.2) is 5.69 Å². The first-order valence-corrected chi connectivity index (χ1v) is 7.34. The molecule has 1 aliphatic rings. The third kappa shape index (κ3) is 2.54. The summed E-state index contributed by atoms with van der Waals surface area (Å²) in [7, 11) is 0. The van der Waals surface area contributed by atoms with E-state index in [4.69, 9.17) is 4.74 Å². The third-order valence-electron chi connectivity index (χ3n) is 3.08. The first-order chi connectivity index (χ1) is 9.29. The molecule has 98 valence electrons. The molecular weight excluding hydrogens is 258 g/mol. The summed E-state index contributed by atoms with van der Waals surface area (Å²) in [6.45, 7) is 2.19. The molecular formula is C15H15NO2S. The first kappa shape index (κ1) is 12.4. The lowest BCUT2D eigenvalue weighted by Crippen LogP contribution is -2.06. The van der Waals surface area contributed by atoms with Gasteiger partial charge >= 0.3 is 5.97 Å². The molecule has 0 aliphatic heterocycles. The van der Waals surface area contributed by atoms with Gasteiger partial charge in [-0.05, 0) is 25.3 Å². The van der Waals surface area contributed by atoms with E-state index >= 15 is 0 Å². The van der Waals surface area contributed by atoms with Crippen LogP contribution in [0.2, 0.25) is 0 Å². The zero-order valence-corrected chi connectivity index (χ0v) is 11.6. The number of aromatic nitrogens is 1. The van der Waals surface area contributed by atoms with Crippen molar-refractivity contribution in [2.45, 2.75) is 25.7 Å². The lowest BCUT2D eigenvalue weighted by Gasteiger charge is -2.01. The Labute approximate surface area is 116 Å². The number of thiazole rings is 1. The molecule has 19 heavy (non-hydrogen) atoms. The summed E-state index contributed by atoms with van der Waals surface area (Å²) < 4.78 is 5.11. The van der Waals surface area contributed by atoms with E-state index in [1.54, 1.807) is 11.3 Å². The largest absolute Gasteiger partial charge is 0.461 e. The fourth-order valence-electron chi connectivity index (χ4n) is 1.96. The van der Waals surface area contributed by atoms with Gasteiger partial charge in [-0.1, -0.05) is 30.3 Å². The van der Waals surface area contributed by atoms with Crippen LogP contribution in [0.15, 0.2) is 30.3 Å². The van der Waals surface area contributed by atoms with Crippen molar-refractivity contribution in [2.75, 3.05) is 6.61 Å². The van der Waals surface area contributed by atoms with Crippen LogP contribution in [0, 0.1) is 0 Å². The Kier molecular flexibility index (Phi) is 3.34. The van der Waals surface area contributed by atoms with Gasteiger partial charge in [0.2, 0.25) is 0 Å². The predicted octanol–water partition coefficient (Wildman–Crippen LogP) is 3.86. The van der Waals surface area contributed by atoms with Gasteiger partial charge in [-0.25, -0.2) is 9.78 Å². The maximum absolute atomic E-state index is 12.0. The van der Waals surface area contributed by atoms with E-state index in [1.807, 2.05) is 37.3 Å². The monoisotopic (exact) mass is 273 g/mol. The van der Waals surface area contributed by atoms with E-state index in [1.165, 1.54) is 12.8 Å². The van der Waals surface area contributed by atoms with Gasteiger partial charge in [-0.2, -0.15) is 0 Å².